The second-order valence-corrected chi connectivity index (χ2v) is 7.52. The number of benzene rings is 2. The first-order valence-electron chi connectivity index (χ1n) is 9.96. The fourth-order valence-corrected chi connectivity index (χ4v) is 3.66. The van der Waals surface area contributed by atoms with Crippen LogP contribution < -0.4 is 16.4 Å². The molecule has 4 N–H and O–H groups in total. The highest BCUT2D eigenvalue weighted by atomic mass is 16.2. The number of hydrogen-bond donors (Lipinski definition) is 2. The van der Waals surface area contributed by atoms with Crippen molar-refractivity contribution >= 4 is 23.1 Å². The Morgan fingerprint density at radius 3 is 2.45 bits per heavy atom. The Kier molecular flexibility index (Phi) is 5.46. The number of pyridine rings is 1. The molecule has 0 fully saturated rings. The molecule has 4 rings (SSSR count). The van der Waals surface area contributed by atoms with Gasteiger partial charge in [-0.25, -0.2) is 4.99 Å². The van der Waals surface area contributed by atoms with Gasteiger partial charge in [-0.1, -0.05) is 54.6 Å². The van der Waals surface area contributed by atoms with E-state index >= 15 is 0 Å². The standard InChI is InChI=1S/C24H23N5O2/c1-16(25)22(30)24(26)23(31)29(15-17-8-7-13-27-14-17)20-12-6-5-11-19(20)21(28-24)18-9-3-2-4-10-18/h2-14,16H,15,25-26H2,1H3/t16-,24?/m0/s1. The van der Waals surface area contributed by atoms with Crippen molar-refractivity contribution < 1.29 is 9.59 Å². The van der Waals surface area contributed by atoms with Gasteiger partial charge in [0.05, 0.1) is 24.0 Å². The highest BCUT2D eigenvalue weighted by molar-refractivity contribution is 6.26. The summed E-state index contributed by atoms with van der Waals surface area (Å²) in [4.78, 5) is 37.0. The Bertz CT molecular complexity index is 1140. The number of ketones is 1. The number of carbonyl (C=O) groups excluding carboxylic acids is 2. The number of nitrogens with two attached hydrogens (primary N) is 2. The van der Waals surface area contributed by atoms with Crippen LogP contribution in [-0.2, 0) is 16.1 Å². The van der Waals surface area contributed by atoms with Crippen LogP contribution in [0.4, 0.5) is 5.69 Å². The average Bonchev–Trinajstić information content (AvgIpc) is 2.89. The van der Waals surface area contributed by atoms with Gasteiger partial charge in [-0.15, -0.1) is 0 Å². The van der Waals surface area contributed by atoms with Crippen LogP contribution in [-0.4, -0.2) is 34.1 Å². The zero-order valence-electron chi connectivity index (χ0n) is 17.1. The molecule has 3 aromatic rings. The average molecular weight is 413 g/mol. The van der Waals surface area contributed by atoms with Crippen LogP contribution >= 0.6 is 0 Å². The van der Waals surface area contributed by atoms with Gasteiger partial charge in [0.2, 0.25) is 11.4 Å². The summed E-state index contributed by atoms with van der Waals surface area (Å²) in [6.07, 6.45) is 3.33. The topological polar surface area (TPSA) is 115 Å². The predicted molar refractivity (Wildman–Crippen MR) is 120 cm³/mol. The maximum absolute atomic E-state index is 13.8. The fraction of sp³-hybridized carbons (Fsp3) is 0.167. The zero-order chi connectivity index (χ0) is 22.0. The van der Waals surface area contributed by atoms with E-state index in [4.69, 9.17) is 11.5 Å². The molecule has 7 nitrogen and oxygen atoms in total. The van der Waals surface area contributed by atoms with Gasteiger partial charge in [0, 0.05) is 23.5 Å². The first kappa shape index (κ1) is 20.6. The number of aliphatic imine (C=N–C) groups is 1. The normalized spacial score (nSPS) is 19.3. The van der Waals surface area contributed by atoms with Crippen LogP contribution in [0.15, 0.2) is 84.1 Å². The van der Waals surface area contributed by atoms with E-state index in [-0.39, 0.29) is 6.54 Å². The lowest BCUT2D eigenvalue weighted by molar-refractivity contribution is -0.134. The van der Waals surface area contributed by atoms with Crippen molar-refractivity contribution in [2.75, 3.05) is 4.90 Å². The molecule has 0 saturated heterocycles. The van der Waals surface area contributed by atoms with E-state index in [1.807, 2.05) is 60.7 Å². The number of aromatic nitrogens is 1. The van der Waals surface area contributed by atoms with Gasteiger partial charge in [-0.2, -0.15) is 0 Å². The van der Waals surface area contributed by atoms with Crippen molar-refractivity contribution in [1.29, 1.82) is 0 Å². The number of para-hydroxylation sites is 1. The third-order valence-corrected chi connectivity index (χ3v) is 5.21. The Labute approximate surface area is 180 Å². The smallest absolute Gasteiger partial charge is 0.277 e. The molecule has 1 aliphatic rings. The fourth-order valence-electron chi connectivity index (χ4n) is 3.66. The van der Waals surface area contributed by atoms with Crippen LogP contribution in [0.2, 0.25) is 0 Å². The molecule has 2 atom stereocenters. The molecule has 156 valence electrons. The van der Waals surface area contributed by atoms with Crippen LogP contribution in [0.1, 0.15) is 23.6 Å². The highest BCUT2D eigenvalue weighted by Crippen LogP contribution is 2.32. The van der Waals surface area contributed by atoms with Gasteiger partial charge in [0.1, 0.15) is 0 Å². The number of hydrogen-bond acceptors (Lipinski definition) is 6. The Morgan fingerprint density at radius 2 is 1.77 bits per heavy atom. The van der Waals surface area contributed by atoms with E-state index in [0.29, 0.717) is 17.0 Å². The van der Waals surface area contributed by atoms with Gasteiger partial charge in [0.15, 0.2) is 0 Å². The molecule has 0 saturated carbocycles. The summed E-state index contributed by atoms with van der Waals surface area (Å²) in [7, 11) is 0. The molecule has 7 heteroatoms. The largest absolute Gasteiger partial charge is 0.322 e. The summed E-state index contributed by atoms with van der Waals surface area (Å²) >= 11 is 0. The van der Waals surface area contributed by atoms with Gasteiger partial charge >= 0.3 is 0 Å². The predicted octanol–water partition coefficient (Wildman–Crippen LogP) is 2.04. The van der Waals surface area contributed by atoms with Crippen LogP contribution in [0.3, 0.4) is 0 Å². The van der Waals surface area contributed by atoms with Crippen molar-refractivity contribution in [1.82, 2.24) is 4.98 Å². The second kappa shape index (κ2) is 8.22. The lowest BCUT2D eigenvalue weighted by Gasteiger charge is -2.30. The summed E-state index contributed by atoms with van der Waals surface area (Å²) in [5, 5.41) is 0. The van der Waals surface area contributed by atoms with Crippen LogP contribution in [0.5, 0.6) is 0 Å². The van der Waals surface area contributed by atoms with Crippen molar-refractivity contribution in [2.45, 2.75) is 25.2 Å². The molecule has 2 heterocycles. The minimum Gasteiger partial charge on any atom is -0.322 e. The summed E-state index contributed by atoms with van der Waals surface area (Å²) in [5.41, 5.74) is 13.5. The molecule has 1 unspecified atom stereocenters. The van der Waals surface area contributed by atoms with Crippen LogP contribution in [0.25, 0.3) is 0 Å². The Morgan fingerprint density at radius 1 is 1.06 bits per heavy atom. The third kappa shape index (κ3) is 3.76. The molecular formula is C24H23N5O2. The quantitative estimate of drug-likeness (QED) is 0.621. The Balaban J connectivity index is 1.96. The lowest BCUT2D eigenvalue weighted by atomic mass is 9.98. The van der Waals surface area contributed by atoms with E-state index < -0.39 is 23.4 Å². The zero-order valence-corrected chi connectivity index (χ0v) is 17.1. The first-order chi connectivity index (χ1) is 14.9. The molecule has 1 amide bonds. The minimum absolute atomic E-state index is 0.187. The number of nitrogens with zero attached hydrogens (tertiary/aromatic N) is 3. The van der Waals surface area contributed by atoms with E-state index in [2.05, 4.69) is 9.98 Å². The molecule has 1 aromatic heterocycles. The molecular weight excluding hydrogens is 390 g/mol. The van der Waals surface area contributed by atoms with Gasteiger partial charge < -0.3 is 10.6 Å². The number of fused-ring (bicyclic) bond motifs is 1. The maximum atomic E-state index is 13.8. The lowest BCUT2D eigenvalue weighted by Crippen LogP contribution is -2.62. The monoisotopic (exact) mass is 413 g/mol. The minimum atomic E-state index is -2.15. The molecule has 0 spiro atoms. The number of amides is 1. The molecule has 0 aliphatic carbocycles. The number of rotatable bonds is 5. The number of carbonyl (C=O) groups is 2. The summed E-state index contributed by atoms with van der Waals surface area (Å²) in [6.45, 7) is 1.69. The van der Waals surface area contributed by atoms with Gasteiger partial charge in [-0.3, -0.25) is 20.3 Å². The number of benzodiazepines with no additional fused rings is 1. The maximum Gasteiger partial charge on any atom is 0.277 e. The van der Waals surface area contributed by atoms with Crippen molar-refractivity contribution in [3.8, 4) is 0 Å². The molecule has 1 aliphatic heterocycles. The van der Waals surface area contributed by atoms with Crippen molar-refractivity contribution in [3.05, 3.63) is 95.8 Å². The SMILES string of the molecule is C[C@H](N)C(=O)C1(N)N=C(c2ccccc2)c2ccccc2N(Cc2cccnc2)C1=O. The van der Waals surface area contributed by atoms with Gasteiger partial charge in [-0.05, 0) is 24.6 Å². The van der Waals surface area contributed by atoms with Crippen molar-refractivity contribution in [2.24, 2.45) is 16.5 Å². The Hall–Kier alpha value is -3.68. The summed E-state index contributed by atoms with van der Waals surface area (Å²) in [5.74, 6) is -1.27. The third-order valence-electron chi connectivity index (χ3n) is 5.21. The number of Topliss-reactive ketones (excluding diaryl/α,β-unsaturated/α-hetero) is 1. The summed E-state index contributed by atoms with van der Waals surface area (Å²) in [6, 6.07) is 19.4. The van der Waals surface area contributed by atoms with E-state index in [1.165, 1.54) is 11.8 Å². The molecule has 0 radical (unpaired) electrons. The second-order valence-electron chi connectivity index (χ2n) is 7.52. The molecule has 31 heavy (non-hydrogen) atoms. The number of anilines is 1. The van der Waals surface area contributed by atoms with Crippen molar-refractivity contribution in [3.63, 3.8) is 0 Å². The van der Waals surface area contributed by atoms with E-state index in [9.17, 15) is 9.59 Å². The van der Waals surface area contributed by atoms with Crippen LogP contribution in [0, 0.1) is 0 Å². The summed E-state index contributed by atoms with van der Waals surface area (Å²) < 4.78 is 0. The first-order valence-corrected chi connectivity index (χ1v) is 9.96. The molecule has 2 aromatic carbocycles. The van der Waals surface area contributed by atoms with E-state index in [1.54, 1.807) is 18.5 Å². The molecule has 0 bridgehead atoms. The van der Waals surface area contributed by atoms with E-state index in [0.717, 1.165) is 11.1 Å². The highest BCUT2D eigenvalue weighted by Gasteiger charge is 2.48. The van der Waals surface area contributed by atoms with Gasteiger partial charge in [0.25, 0.3) is 5.91 Å².